The molecule has 7 heteroatoms. The van der Waals surface area contributed by atoms with Crippen molar-refractivity contribution in [3.63, 3.8) is 0 Å². The van der Waals surface area contributed by atoms with Gasteiger partial charge in [-0.05, 0) is 24.6 Å². The van der Waals surface area contributed by atoms with Gasteiger partial charge in [-0.25, -0.2) is 13.6 Å². The lowest BCUT2D eigenvalue weighted by Gasteiger charge is -2.05. The summed E-state index contributed by atoms with van der Waals surface area (Å²) in [7, 11) is -3.54. The first-order valence-electron chi connectivity index (χ1n) is 4.84. The third-order valence-electron chi connectivity index (χ3n) is 2.11. The quantitative estimate of drug-likeness (QED) is 0.859. The molecule has 0 aliphatic rings. The Balaban J connectivity index is 2.61. The number of amides is 1. The largest absolute Gasteiger partial charge is 0.351 e. The lowest BCUT2D eigenvalue weighted by Crippen LogP contribution is -2.31. The van der Waals surface area contributed by atoms with E-state index in [2.05, 4.69) is 21.2 Å². The second-order valence-electron chi connectivity index (χ2n) is 3.59. The van der Waals surface area contributed by atoms with Gasteiger partial charge >= 0.3 is 0 Å². The maximum atomic E-state index is 11.6. The van der Waals surface area contributed by atoms with Crippen LogP contribution in [0.1, 0.15) is 15.9 Å². The fraction of sp³-hybridized carbons (Fsp3) is 0.300. The number of carbonyl (C=O) groups is 1. The van der Waals surface area contributed by atoms with Crippen LogP contribution in [0.3, 0.4) is 0 Å². The minimum absolute atomic E-state index is 0.00314. The van der Waals surface area contributed by atoms with Crippen LogP contribution in [-0.4, -0.2) is 26.6 Å². The van der Waals surface area contributed by atoms with Gasteiger partial charge in [0.05, 0.1) is 5.75 Å². The van der Waals surface area contributed by atoms with E-state index in [1.807, 2.05) is 6.92 Å². The van der Waals surface area contributed by atoms with E-state index in [1.165, 1.54) is 0 Å². The van der Waals surface area contributed by atoms with Gasteiger partial charge in [0.25, 0.3) is 5.91 Å². The fourth-order valence-electron chi connectivity index (χ4n) is 1.14. The summed E-state index contributed by atoms with van der Waals surface area (Å²) >= 11 is 3.32. The Labute approximate surface area is 109 Å². The van der Waals surface area contributed by atoms with Crippen LogP contribution in [0.5, 0.6) is 0 Å². The number of carbonyl (C=O) groups excluding carboxylic acids is 1. The van der Waals surface area contributed by atoms with Crippen molar-refractivity contribution in [3.8, 4) is 0 Å². The topological polar surface area (TPSA) is 89.3 Å². The number of halogens is 1. The average molecular weight is 321 g/mol. The van der Waals surface area contributed by atoms with E-state index in [0.29, 0.717) is 5.56 Å². The second-order valence-corrected chi connectivity index (χ2v) is 6.18. The lowest BCUT2D eigenvalue weighted by molar-refractivity contribution is 0.0956. The highest BCUT2D eigenvalue weighted by Gasteiger charge is 2.08. The molecule has 0 atom stereocenters. The Hall–Kier alpha value is -0.920. The zero-order valence-electron chi connectivity index (χ0n) is 9.23. The molecule has 0 heterocycles. The van der Waals surface area contributed by atoms with Crippen molar-refractivity contribution in [1.29, 1.82) is 0 Å². The number of aryl methyl sites for hydroxylation is 1. The molecule has 0 fully saturated rings. The van der Waals surface area contributed by atoms with Crippen molar-refractivity contribution in [3.05, 3.63) is 33.8 Å². The molecule has 0 saturated heterocycles. The smallest absolute Gasteiger partial charge is 0.251 e. The SMILES string of the molecule is Cc1ccc(C(=O)NCCS(N)(=O)=O)cc1Br. The third-order valence-corrected chi connectivity index (χ3v) is 3.73. The maximum absolute atomic E-state index is 11.6. The van der Waals surface area contributed by atoms with Gasteiger partial charge in [0, 0.05) is 16.6 Å². The van der Waals surface area contributed by atoms with Gasteiger partial charge in [0.1, 0.15) is 0 Å². The molecule has 0 bridgehead atoms. The molecule has 5 nitrogen and oxygen atoms in total. The molecule has 3 N–H and O–H groups in total. The second kappa shape index (κ2) is 5.61. The van der Waals surface area contributed by atoms with Gasteiger partial charge in [0.15, 0.2) is 0 Å². The van der Waals surface area contributed by atoms with E-state index in [-0.39, 0.29) is 18.2 Å². The molecule has 1 amide bonds. The highest BCUT2D eigenvalue weighted by atomic mass is 79.9. The lowest BCUT2D eigenvalue weighted by atomic mass is 10.1. The van der Waals surface area contributed by atoms with Crippen molar-refractivity contribution in [1.82, 2.24) is 5.32 Å². The van der Waals surface area contributed by atoms with E-state index < -0.39 is 10.0 Å². The zero-order valence-corrected chi connectivity index (χ0v) is 11.6. The molecule has 0 radical (unpaired) electrons. The molecular formula is C10H13BrN2O3S. The molecule has 0 spiro atoms. The molecular weight excluding hydrogens is 308 g/mol. The highest BCUT2D eigenvalue weighted by molar-refractivity contribution is 9.10. The van der Waals surface area contributed by atoms with Crippen LogP contribution in [0.4, 0.5) is 0 Å². The summed E-state index contributed by atoms with van der Waals surface area (Å²) in [5, 5.41) is 7.30. The summed E-state index contributed by atoms with van der Waals surface area (Å²) in [5.41, 5.74) is 1.49. The fourth-order valence-corrected chi connectivity index (χ4v) is 1.91. The van der Waals surface area contributed by atoms with Crippen LogP contribution in [0.2, 0.25) is 0 Å². The Morgan fingerprint density at radius 3 is 2.65 bits per heavy atom. The van der Waals surface area contributed by atoms with E-state index >= 15 is 0 Å². The Kier molecular flexibility index (Phi) is 4.67. The highest BCUT2D eigenvalue weighted by Crippen LogP contribution is 2.17. The number of primary sulfonamides is 1. The van der Waals surface area contributed by atoms with Gasteiger partial charge in [0.2, 0.25) is 10.0 Å². The predicted molar refractivity (Wildman–Crippen MR) is 69.2 cm³/mol. The van der Waals surface area contributed by atoms with Crippen molar-refractivity contribution < 1.29 is 13.2 Å². The van der Waals surface area contributed by atoms with Gasteiger partial charge in [-0.15, -0.1) is 0 Å². The van der Waals surface area contributed by atoms with Crippen molar-refractivity contribution in [2.75, 3.05) is 12.3 Å². The zero-order chi connectivity index (χ0) is 13.1. The van der Waals surface area contributed by atoms with E-state index in [9.17, 15) is 13.2 Å². The van der Waals surface area contributed by atoms with E-state index in [4.69, 9.17) is 5.14 Å². The maximum Gasteiger partial charge on any atom is 0.251 e. The number of hydrogen-bond acceptors (Lipinski definition) is 3. The van der Waals surface area contributed by atoms with Crippen LogP contribution in [0.15, 0.2) is 22.7 Å². The number of sulfonamides is 1. The Bertz CT molecular complexity index is 528. The van der Waals surface area contributed by atoms with Gasteiger partial charge in [-0.3, -0.25) is 4.79 Å². The number of benzene rings is 1. The molecule has 0 aliphatic carbocycles. The summed E-state index contributed by atoms with van der Waals surface area (Å²) in [6.07, 6.45) is 0. The Morgan fingerprint density at radius 1 is 1.47 bits per heavy atom. The summed E-state index contributed by atoms with van der Waals surface area (Å²) in [5.74, 6) is -0.597. The average Bonchev–Trinajstić information content (AvgIpc) is 2.20. The first-order valence-corrected chi connectivity index (χ1v) is 7.35. The molecule has 0 unspecified atom stereocenters. The molecule has 17 heavy (non-hydrogen) atoms. The van der Waals surface area contributed by atoms with Gasteiger partial charge < -0.3 is 5.32 Å². The molecule has 94 valence electrons. The molecule has 1 rings (SSSR count). The molecule has 1 aromatic carbocycles. The van der Waals surface area contributed by atoms with Crippen LogP contribution in [0, 0.1) is 6.92 Å². The molecule has 1 aromatic rings. The van der Waals surface area contributed by atoms with E-state index in [0.717, 1.165) is 10.0 Å². The van der Waals surface area contributed by atoms with Crippen LogP contribution < -0.4 is 10.5 Å². The summed E-state index contributed by atoms with van der Waals surface area (Å²) in [6, 6.07) is 5.16. The summed E-state index contributed by atoms with van der Waals surface area (Å²) < 4.78 is 22.2. The van der Waals surface area contributed by atoms with Crippen molar-refractivity contribution in [2.24, 2.45) is 5.14 Å². The summed E-state index contributed by atoms with van der Waals surface area (Å²) in [4.78, 5) is 11.6. The summed E-state index contributed by atoms with van der Waals surface area (Å²) in [6.45, 7) is 1.91. The molecule has 0 saturated carbocycles. The van der Waals surface area contributed by atoms with Gasteiger partial charge in [-0.1, -0.05) is 22.0 Å². The monoisotopic (exact) mass is 320 g/mol. The number of hydrogen-bond donors (Lipinski definition) is 2. The van der Waals surface area contributed by atoms with Crippen LogP contribution in [-0.2, 0) is 10.0 Å². The van der Waals surface area contributed by atoms with Crippen molar-refractivity contribution >= 4 is 31.9 Å². The minimum Gasteiger partial charge on any atom is -0.351 e. The van der Waals surface area contributed by atoms with Crippen LogP contribution >= 0.6 is 15.9 Å². The minimum atomic E-state index is -3.54. The standard InChI is InChI=1S/C10H13BrN2O3S/c1-7-2-3-8(6-9(7)11)10(14)13-4-5-17(12,15)16/h2-3,6H,4-5H2,1H3,(H,13,14)(H2,12,15,16). The molecule has 0 aromatic heterocycles. The number of nitrogens with two attached hydrogens (primary N) is 1. The number of nitrogens with one attached hydrogen (secondary N) is 1. The third kappa shape index (κ3) is 4.84. The van der Waals surface area contributed by atoms with Crippen molar-refractivity contribution in [2.45, 2.75) is 6.92 Å². The molecule has 0 aliphatic heterocycles. The first-order chi connectivity index (χ1) is 7.79. The Morgan fingerprint density at radius 2 is 2.12 bits per heavy atom. The predicted octanol–water partition coefficient (Wildman–Crippen LogP) is 0.776. The van der Waals surface area contributed by atoms with E-state index in [1.54, 1.807) is 18.2 Å². The normalized spacial score (nSPS) is 11.2. The number of rotatable bonds is 4. The van der Waals surface area contributed by atoms with Gasteiger partial charge in [-0.2, -0.15) is 0 Å². The first kappa shape index (κ1) is 14.1. The van der Waals surface area contributed by atoms with Crippen LogP contribution in [0.25, 0.3) is 0 Å².